The van der Waals surface area contributed by atoms with E-state index in [9.17, 15) is 0 Å². The third-order valence-electron chi connectivity index (χ3n) is 5.39. The molecule has 0 spiro atoms. The Hall–Kier alpha value is -2.52. The first kappa shape index (κ1) is 23.2. The SMILES string of the molecule is Cc1nc(C(C)(C)C)nn1[BH-](n1nc(C(C)(C)C)nc1C)n1nc(C(C)(C)C)nc1C. The minimum Gasteiger partial charge on any atom is -0.383 e. The minimum atomic E-state index is -1.61. The molecule has 31 heavy (non-hydrogen) atoms. The molecule has 0 unspecified atom stereocenters. The average molecular weight is 426 g/mol. The molecule has 3 heterocycles. The lowest BCUT2D eigenvalue weighted by Crippen LogP contribution is -2.46. The number of aryl methyl sites for hydroxylation is 3. The number of nitrogens with zero attached hydrogens (tertiary/aromatic N) is 9. The predicted octanol–water partition coefficient (Wildman–Crippen LogP) is 2.94. The molecule has 3 rings (SSSR count). The molecule has 0 aliphatic heterocycles. The highest BCUT2D eigenvalue weighted by molar-refractivity contribution is 6.53. The second-order valence-corrected chi connectivity index (χ2v) is 11.6. The van der Waals surface area contributed by atoms with Crippen molar-refractivity contribution in [1.29, 1.82) is 0 Å². The average Bonchev–Trinajstić information content (AvgIpc) is 3.26. The van der Waals surface area contributed by atoms with E-state index in [2.05, 4.69) is 62.3 Å². The van der Waals surface area contributed by atoms with Crippen LogP contribution in [-0.4, -0.2) is 51.1 Å². The summed E-state index contributed by atoms with van der Waals surface area (Å²) in [7, 11) is -1.61. The highest BCUT2D eigenvalue weighted by atomic mass is 15.5. The molecule has 0 N–H and O–H groups in total. The molecule has 0 aliphatic rings. The normalized spacial score (nSPS) is 13.5. The summed E-state index contributed by atoms with van der Waals surface area (Å²) in [6.07, 6.45) is 0. The summed E-state index contributed by atoms with van der Waals surface area (Å²) < 4.78 is 5.88. The number of hydrogen-bond donors (Lipinski definition) is 0. The second kappa shape index (κ2) is 7.27. The van der Waals surface area contributed by atoms with E-state index in [1.54, 1.807) is 0 Å². The molecule has 0 fully saturated rings. The van der Waals surface area contributed by atoms with Crippen molar-refractivity contribution in [3.63, 3.8) is 0 Å². The van der Waals surface area contributed by atoms with Crippen LogP contribution in [0.5, 0.6) is 0 Å². The summed E-state index contributed by atoms with van der Waals surface area (Å²) in [5.74, 6) is 4.86. The van der Waals surface area contributed by atoms with Crippen LogP contribution in [0, 0.1) is 20.8 Å². The first-order valence-electron chi connectivity index (χ1n) is 11.0. The minimum absolute atomic E-state index is 0.165. The zero-order valence-corrected chi connectivity index (χ0v) is 21.2. The largest absolute Gasteiger partial charge is 0.383 e. The Kier molecular flexibility index (Phi) is 5.43. The zero-order valence-electron chi connectivity index (χ0n) is 21.2. The summed E-state index contributed by atoms with van der Waals surface area (Å²) in [6, 6.07) is 0. The highest BCUT2D eigenvalue weighted by Crippen LogP contribution is 2.23. The fourth-order valence-electron chi connectivity index (χ4n) is 3.40. The lowest BCUT2D eigenvalue weighted by Gasteiger charge is -2.29. The Morgan fingerprint density at radius 3 is 0.871 bits per heavy atom. The smallest absolute Gasteiger partial charge is 0.331 e. The van der Waals surface area contributed by atoms with E-state index in [0.717, 1.165) is 34.9 Å². The van der Waals surface area contributed by atoms with Crippen molar-refractivity contribution in [2.24, 2.45) is 0 Å². The maximum Gasteiger partial charge on any atom is 0.331 e. The summed E-state index contributed by atoms with van der Waals surface area (Å²) in [5, 5.41) is 14.8. The van der Waals surface area contributed by atoms with Gasteiger partial charge in [-0.2, -0.15) is 15.3 Å². The Morgan fingerprint density at radius 2 is 0.710 bits per heavy atom. The fourth-order valence-corrected chi connectivity index (χ4v) is 3.40. The van der Waals surface area contributed by atoms with Crippen LogP contribution in [0.1, 0.15) is 97.3 Å². The summed E-state index contributed by atoms with van der Waals surface area (Å²) in [6.45, 7) is 25.0. The first-order valence-corrected chi connectivity index (χ1v) is 11.0. The summed E-state index contributed by atoms with van der Waals surface area (Å²) in [5.41, 5.74) is -0.494. The van der Waals surface area contributed by atoms with Crippen LogP contribution in [0.2, 0.25) is 0 Å². The van der Waals surface area contributed by atoms with Gasteiger partial charge in [0.2, 0.25) is 0 Å². The number of rotatable bonds is 3. The first-order chi connectivity index (χ1) is 14.0. The molecule has 0 amide bonds. The summed E-state index contributed by atoms with van der Waals surface area (Å²) >= 11 is 0. The monoisotopic (exact) mass is 426 g/mol. The van der Waals surface area contributed by atoms with Gasteiger partial charge in [-0.25, -0.2) is 15.0 Å². The van der Waals surface area contributed by atoms with Crippen molar-refractivity contribution in [2.45, 2.75) is 99.3 Å². The lowest BCUT2D eigenvalue weighted by atomic mass is 9.93. The quantitative estimate of drug-likeness (QED) is 0.598. The molecule has 3 aromatic rings. The third kappa shape index (κ3) is 4.43. The highest BCUT2D eigenvalue weighted by Gasteiger charge is 2.29. The molecule has 0 aromatic carbocycles. The number of aromatic nitrogens is 9. The van der Waals surface area contributed by atoms with Gasteiger partial charge in [-0.3, -0.25) is 0 Å². The maximum atomic E-state index is 4.92. The van der Waals surface area contributed by atoms with Crippen LogP contribution in [0.15, 0.2) is 0 Å². The van der Waals surface area contributed by atoms with E-state index in [1.807, 2.05) is 34.5 Å². The Morgan fingerprint density at radius 1 is 0.484 bits per heavy atom. The van der Waals surface area contributed by atoms with Crippen molar-refractivity contribution in [3.8, 4) is 0 Å². The van der Waals surface area contributed by atoms with Gasteiger partial charge >= 0.3 is 7.12 Å². The van der Waals surface area contributed by atoms with Crippen LogP contribution in [0.25, 0.3) is 0 Å². The predicted molar refractivity (Wildman–Crippen MR) is 124 cm³/mol. The maximum absolute atomic E-state index is 4.92. The van der Waals surface area contributed by atoms with Crippen molar-refractivity contribution in [2.75, 3.05) is 0 Å². The molecule has 0 bridgehead atoms. The van der Waals surface area contributed by atoms with Gasteiger partial charge in [0, 0.05) is 16.2 Å². The topological polar surface area (TPSA) is 92.1 Å². The van der Waals surface area contributed by atoms with Gasteiger partial charge in [-0.05, 0) is 20.8 Å². The van der Waals surface area contributed by atoms with Gasteiger partial charge in [-0.1, -0.05) is 62.3 Å². The van der Waals surface area contributed by atoms with Crippen molar-refractivity contribution >= 4 is 7.12 Å². The van der Waals surface area contributed by atoms with E-state index >= 15 is 0 Å². The molecule has 9 nitrogen and oxygen atoms in total. The van der Waals surface area contributed by atoms with Crippen LogP contribution in [-0.2, 0) is 16.2 Å². The van der Waals surface area contributed by atoms with E-state index < -0.39 is 7.12 Å². The van der Waals surface area contributed by atoms with Crippen LogP contribution in [0.4, 0.5) is 0 Å². The van der Waals surface area contributed by atoms with Crippen LogP contribution in [0.3, 0.4) is 0 Å². The van der Waals surface area contributed by atoms with E-state index in [4.69, 9.17) is 30.2 Å². The van der Waals surface area contributed by atoms with Gasteiger partial charge in [0.05, 0.1) is 17.5 Å². The van der Waals surface area contributed by atoms with Crippen LogP contribution >= 0.6 is 0 Å². The lowest BCUT2D eigenvalue weighted by molar-refractivity contribution is 0.537. The molecular formula is C21H37BN9-. The third-order valence-corrected chi connectivity index (χ3v) is 5.39. The molecule has 0 radical (unpaired) electrons. The van der Waals surface area contributed by atoms with Gasteiger partial charge in [0.1, 0.15) is 0 Å². The van der Waals surface area contributed by atoms with Gasteiger partial charge in [0.15, 0.2) is 17.5 Å². The molecule has 3 aromatic heterocycles. The van der Waals surface area contributed by atoms with Gasteiger partial charge < -0.3 is 13.8 Å². The van der Waals surface area contributed by atoms with Gasteiger partial charge in [0.25, 0.3) is 0 Å². The number of hydrogen-bond acceptors (Lipinski definition) is 6. The molecule has 10 heteroatoms. The van der Waals surface area contributed by atoms with E-state index in [0.29, 0.717) is 0 Å². The summed E-state index contributed by atoms with van der Waals surface area (Å²) in [4.78, 5) is 14.3. The van der Waals surface area contributed by atoms with Crippen molar-refractivity contribution < 1.29 is 0 Å². The zero-order chi connectivity index (χ0) is 23.5. The molecule has 0 saturated carbocycles. The van der Waals surface area contributed by atoms with Crippen molar-refractivity contribution in [1.82, 2.24) is 44.0 Å². The molecular weight excluding hydrogens is 389 g/mol. The van der Waals surface area contributed by atoms with E-state index in [1.165, 1.54) is 0 Å². The molecule has 0 atom stereocenters. The standard InChI is InChI=1S/C21H37BN9/c1-13-23-16(19(4,5)6)26-29(13)22(30-14(2)24-17(27-30)20(7,8)9)31-15(3)25-18(28-31)21(10,11)12/h22H,1-12H3/q-1. The fraction of sp³-hybridized carbons (Fsp3) is 0.714. The molecule has 0 aliphatic carbocycles. The molecule has 170 valence electrons. The molecule has 0 saturated heterocycles. The van der Waals surface area contributed by atoms with Crippen LogP contribution < -0.4 is 0 Å². The van der Waals surface area contributed by atoms with Crippen molar-refractivity contribution in [3.05, 3.63) is 34.9 Å². The Labute approximate surface area is 185 Å². The Balaban J connectivity index is 2.28. The van der Waals surface area contributed by atoms with Gasteiger partial charge in [-0.15, -0.1) is 0 Å². The van der Waals surface area contributed by atoms with E-state index in [-0.39, 0.29) is 16.2 Å². The Bertz CT molecular complexity index is 945. The second-order valence-electron chi connectivity index (χ2n) is 11.6.